The highest BCUT2D eigenvalue weighted by Gasteiger charge is 2.24. The normalized spacial score (nSPS) is 23.4. The molecule has 1 saturated heterocycles. The zero-order chi connectivity index (χ0) is 13.0. The maximum absolute atomic E-state index is 12.9. The first-order valence-electron chi connectivity index (χ1n) is 6.09. The fourth-order valence-electron chi connectivity index (χ4n) is 1.97. The largest absolute Gasteiger partial charge is 0.444 e. The zero-order valence-electron chi connectivity index (χ0n) is 10.3. The highest BCUT2D eigenvalue weighted by Crippen LogP contribution is 2.16. The molecule has 5 heteroatoms. The average molecular weight is 252 g/mol. The van der Waals surface area contributed by atoms with Crippen LogP contribution in [0.25, 0.3) is 0 Å². The fraction of sp³-hybridized carbons (Fsp3) is 0.462. The molecule has 98 valence electrons. The Hall–Kier alpha value is -1.62. The van der Waals surface area contributed by atoms with Gasteiger partial charge in [0.1, 0.15) is 11.9 Å². The van der Waals surface area contributed by atoms with Crippen LogP contribution in [0.2, 0.25) is 0 Å². The van der Waals surface area contributed by atoms with Crippen LogP contribution in [0.15, 0.2) is 24.3 Å². The van der Waals surface area contributed by atoms with E-state index in [-0.39, 0.29) is 11.9 Å². The number of amides is 1. The molecule has 0 aromatic heterocycles. The predicted molar refractivity (Wildman–Crippen MR) is 66.9 cm³/mol. The van der Waals surface area contributed by atoms with E-state index in [0.29, 0.717) is 18.2 Å². The van der Waals surface area contributed by atoms with Gasteiger partial charge in [-0.2, -0.15) is 0 Å². The molecule has 0 spiro atoms. The Bertz CT molecular complexity index is 425. The second-order valence-corrected chi connectivity index (χ2v) is 4.55. The maximum atomic E-state index is 12.9. The third-order valence-corrected chi connectivity index (χ3v) is 3.09. The summed E-state index contributed by atoms with van der Waals surface area (Å²) in [5, 5.41) is 5.70. The molecular weight excluding hydrogens is 235 g/mol. The van der Waals surface area contributed by atoms with Crippen LogP contribution in [0.4, 0.5) is 14.9 Å². The van der Waals surface area contributed by atoms with Gasteiger partial charge in [0.2, 0.25) is 0 Å². The van der Waals surface area contributed by atoms with Gasteiger partial charge >= 0.3 is 6.09 Å². The molecule has 1 amide bonds. The van der Waals surface area contributed by atoms with Gasteiger partial charge in [0, 0.05) is 12.2 Å². The van der Waals surface area contributed by atoms with E-state index in [2.05, 4.69) is 17.6 Å². The van der Waals surface area contributed by atoms with E-state index in [4.69, 9.17) is 4.74 Å². The van der Waals surface area contributed by atoms with E-state index in [1.807, 2.05) is 0 Å². The smallest absolute Gasteiger partial charge is 0.411 e. The van der Waals surface area contributed by atoms with Crippen LogP contribution in [0.5, 0.6) is 0 Å². The van der Waals surface area contributed by atoms with Gasteiger partial charge in [-0.25, -0.2) is 9.18 Å². The molecule has 0 aliphatic carbocycles. The van der Waals surface area contributed by atoms with Crippen LogP contribution in [-0.2, 0) is 4.74 Å². The molecule has 1 aliphatic heterocycles. The van der Waals surface area contributed by atoms with Crippen LogP contribution in [0, 0.1) is 11.7 Å². The lowest BCUT2D eigenvalue weighted by Gasteiger charge is -2.29. The number of halogens is 1. The van der Waals surface area contributed by atoms with Crippen molar-refractivity contribution in [2.45, 2.75) is 19.4 Å². The van der Waals surface area contributed by atoms with Gasteiger partial charge in [0.15, 0.2) is 0 Å². The van der Waals surface area contributed by atoms with Crippen molar-refractivity contribution in [1.82, 2.24) is 5.32 Å². The van der Waals surface area contributed by atoms with E-state index in [1.165, 1.54) is 18.2 Å². The Morgan fingerprint density at radius 3 is 3.11 bits per heavy atom. The molecule has 18 heavy (non-hydrogen) atoms. The van der Waals surface area contributed by atoms with Crippen molar-refractivity contribution >= 4 is 11.8 Å². The maximum Gasteiger partial charge on any atom is 0.411 e. The third-order valence-electron chi connectivity index (χ3n) is 3.09. The average Bonchev–Trinajstić information content (AvgIpc) is 2.32. The highest BCUT2D eigenvalue weighted by molar-refractivity contribution is 5.84. The van der Waals surface area contributed by atoms with E-state index in [0.717, 1.165) is 13.0 Å². The van der Waals surface area contributed by atoms with Crippen molar-refractivity contribution < 1.29 is 13.9 Å². The molecule has 0 radical (unpaired) electrons. The monoisotopic (exact) mass is 252 g/mol. The molecule has 4 nitrogen and oxygen atoms in total. The van der Waals surface area contributed by atoms with Crippen molar-refractivity contribution in [1.29, 1.82) is 0 Å². The molecule has 2 rings (SSSR count). The molecule has 0 bridgehead atoms. The van der Waals surface area contributed by atoms with E-state index < -0.39 is 6.09 Å². The van der Waals surface area contributed by atoms with Gasteiger partial charge in [-0.1, -0.05) is 13.0 Å². The number of rotatable bonds is 2. The Morgan fingerprint density at radius 2 is 2.39 bits per heavy atom. The fourth-order valence-corrected chi connectivity index (χ4v) is 1.97. The van der Waals surface area contributed by atoms with E-state index in [1.54, 1.807) is 6.07 Å². The minimum atomic E-state index is -0.541. The number of ether oxygens (including phenoxy) is 1. The second-order valence-electron chi connectivity index (χ2n) is 4.55. The van der Waals surface area contributed by atoms with Crippen molar-refractivity contribution in [3.05, 3.63) is 30.1 Å². The van der Waals surface area contributed by atoms with Crippen LogP contribution in [0.3, 0.4) is 0 Å². The lowest BCUT2D eigenvalue weighted by atomic mass is 9.97. The Morgan fingerprint density at radius 1 is 1.56 bits per heavy atom. The SMILES string of the molecule is CC1CCNCC1OC(=O)Nc1cccc(F)c1. The van der Waals surface area contributed by atoms with Gasteiger partial charge in [-0.15, -0.1) is 0 Å². The lowest BCUT2D eigenvalue weighted by Crippen LogP contribution is -2.42. The summed E-state index contributed by atoms with van der Waals surface area (Å²) in [6.07, 6.45) is 0.311. The number of carbonyl (C=O) groups excluding carboxylic acids is 1. The Kier molecular flexibility index (Phi) is 4.15. The summed E-state index contributed by atoms with van der Waals surface area (Å²) in [5.41, 5.74) is 0.399. The first kappa shape index (κ1) is 12.8. The summed E-state index contributed by atoms with van der Waals surface area (Å²) in [5.74, 6) is -0.0509. The number of benzene rings is 1. The van der Waals surface area contributed by atoms with Crippen LogP contribution in [-0.4, -0.2) is 25.3 Å². The number of hydrogen-bond acceptors (Lipinski definition) is 3. The third kappa shape index (κ3) is 3.43. The van der Waals surface area contributed by atoms with Crippen molar-refractivity contribution in [3.63, 3.8) is 0 Å². The number of nitrogens with one attached hydrogen (secondary N) is 2. The summed E-state index contributed by atoms with van der Waals surface area (Å²) in [6.45, 7) is 3.67. The van der Waals surface area contributed by atoms with Gasteiger partial charge in [0.05, 0.1) is 0 Å². The topological polar surface area (TPSA) is 50.4 Å². The second kappa shape index (κ2) is 5.82. The predicted octanol–water partition coefficient (Wildman–Crippen LogP) is 2.37. The molecule has 1 fully saturated rings. The number of hydrogen-bond donors (Lipinski definition) is 2. The first-order chi connectivity index (χ1) is 8.65. The van der Waals surface area contributed by atoms with Crippen LogP contribution < -0.4 is 10.6 Å². The van der Waals surface area contributed by atoms with Gasteiger partial charge in [-0.05, 0) is 37.1 Å². The minimum Gasteiger partial charge on any atom is -0.444 e. The zero-order valence-corrected chi connectivity index (χ0v) is 10.3. The summed E-state index contributed by atoms with van der Waals surface area (Å²) < 4.78 is 18.2. The highest BCUT2D eigenvalue weighted by atomic mass is 19.1. The summed E-state index contributed by atoms with van der Waals surface area (Å²) in [7, 11) is 0. The number of carbonyl (C=O) groups is 1. The standard InChI is InChI=1S/C13H17FN2O2/c1-9-5-6-15-8-12(9)18-13(17)16-11-4-2-3-10(14)7-11/h2-4,7,9,12,15H,5-6,8H2,1H3,(H,16,17). The molecule has 1 aromatic carbocycles. The molecule has 1 heterocycles. The van der Waals surface area contributed by atoms with Gasteiger partial charge in [0.25, 0.3) is 0 Å². The lowest BCUT2D eigenvalue weighted by molar-refractivity contribution is 0.0614. The first-order valence-corrected chi connectivity index (χ1v) is 6.09. The van der Waals surface area contributed by atoms with Gasteiger partial charge in [-0.3, -0.25) is 5.32 Å². The quantitative estimate of drug-likeness (QED) is 0.849. The van der Waals surface area contributed by atoms with Gasteiger partial charge < -0.3 is 10.1 Å². The molecule has 2 unspecified atom stereocenters. The molecule has 1 aromatic rings. The summed E-state index contributed by atoms with van der Waals surface area (Å²) in [4.78, 5) is 11.7. The molecule has 2 atom stereocenters. The molecule has 0 saturated carbocycles. The minimum absolute atomic E-state index is 0.132. The van der Waals surface area contributed by atoms with Crippen LogP contribution in [0.1, 0.15) is 13.3 Å². The van der Waals surface area contributed by atoms with Crippen molar-refractivity contribution in [3.8, 4) is 0 Å². The summed E-state index contributed by atoms with van der Waals surface area (Å²) in [6, 6.07) is 5.73. The molecule has 2 N–H and O–H groups in total. The van der Waals surface area contributed by atoms with E-state index in [9.17, 15) is 9.18 Å². The van der Waals surface area contributed by atoms with Crippen LogP contribution >= 0.6 is 0 Å². The van der Waals surface area contributed by atoms with E-state index >= 15 is 0 Å². The number of anilines is 1. The molecule has 1 aliphatic rings. The Balaban J connectivity index is 1.88. The van der Waals surface area contributed by atoms with Crippen molar-refractivity contribution in [2.75, 3.05) is 18.4 Å². The number of piperidine rings is 1. The molecular formula is C13H17FN2O2. The Labute approximate surface area is 106 Å². The summed E-state index contributed by atoms with van der Waals surface area (Å²) >= 11 is 0. The van der Waals surface area contributed by atoms with Crippen molar-refractivity contribution in [2.24, 2.45) is 5.92 Å².